The standard InChI is InChI=1S/C44H41N11O8S/c1-26-11-9-21-54(25-26)38-27(2)35(41(57)45-42(38)58)49-48-32-13-12-29-23-34(64(61,62)63)37(40(56)33(29)24-32)51-47-31-16-14-30(15-17-31)46-50-36-28(3)39(53-19-7-6-8-20-53)44(60)55(43(36)59)22-10-18-52(4)5/h6-9,11-17,19-21,23-25H,10,18,22H2,1-5H3,(H3-2,45,46,47,48,49,50,51,56,57,58,59,60,61,62,63)/p+3. The van der Waals surface area contributed by atoms with Gasteiger partial charge in [-0.2, -0.15) is 32.9 Å². The Hall–Kier alpha value is -7.81. The Morgan fingerprint density at radius 3 is 2.22 bits per heavy atom. The number of hydrogen-bond acceptors (Lipinski definition) is 14. The molecular weight excluding hydrogens is 843 g/mol. The Balaban J connectivity index is 1.16. The molecule has 20 heteroatoms. The van der Waals surface area contributed by atoms with E-state index in [1.165, 1.54) is 35.3 Å². The lowest BCUT2D eigenvalue weighted by Crippen LogP contribution is -2.53. The highest BCUT2D eigenvalue weighted by Gasteiger charge is 2.42. The van der Waals surface area contributed by atoms with E-state index >= 15 is 0 Å². The fraction of sp³-hybridized carbons (Fsp3) is 0.182. The highest BCUT2D eigenvalue weighted by Crippen LogP contribution is 2.41. The Morgan fingerprint density at radius 2 is 1.53 bits per heavy atom. The molecule has 19 nitrogen and oxygen atoms in total. The number of phenolic OH excluding ortho intramolecular Hbond substituents is 1. The van der Waals surface area contributed by atoms with Crippen molar-refractivity contribution in [1.82, 2.24) is 9.80 Å². The molecule has 326 valence electrons. The molecule has 64 heavy (non-hydrogen) atoms. The molecule has 0 spiro atoms. The average Bonchev–Trinajstić information content (AvgIpc) is 3.24. The van der Waals surface area contributed by atoms with Gasteiger partial charge in [-0.3, -0.25) is 24.5 Å². The number of hydrogen-bond donors (Lipinski definition) is 5. The molecule has 6 N–H and O–H groups in total. The van der Waals surface area contributed by atoms with Crippen LogP contribution in [0.2, 0.25) is 0 Å². The number of amides is 2. The number of H-pyrrole nitrogens is 1. The fourth-order valence-corrected chi connectivity index (χ4v) is 7.69. The van der Waals surface area contributed by atoms with Gasteiger partial charge in [0.15, 0.2) is 30.5 Å². The highest BCUT2D eigenvalue weighted by atomic mass is 32.2. The topological polar surface area (TPSA) is 251 Å². The van der Waals surface area contributed by atoms with E-state index in [1.807, 2.05) is 38.1 Å². The Kier molecular flexibility index (Phi) is 12.6. The second-order valence-electron chi connectivity index (χ2n) is 15.1. The summed E-state index contributed by atoms with van der Waals surface area (Å²) in [5, 5.41) is 54.3. The lowest BCUT2D eigenvalue weighted by atomic mass is 10.0. The van der Waals surface area contributed by atoms with Gasteiger partial charge in [0.1, 0.15) is 16.3 Å². The molecule has 1 aliphatic carbocycles. The predicted molar refractivity (Wildman–Crippen MR) is 237 cm³/mol. The maximum absolute atomic E-state index is 13.6. The Morgan fingerprint density at radius 1 is 0.828 bits per heavy atom. The van der Waals surface area contributed by atoms with E-state index < -0.39 is 44.1 Å². The molecule has 0 radical (unpaired) electrons. The van der Waals surface area contributed by atoms with E-state index in [9.17, 15) is 37.9 Å². The van der Waals surface area contributed by atoms with Crippen molar-refractivity contribution >= 4 is 72.6 Å². The summed E-state index contributed by atoms with van der Waals surface area (Å²) in [6.07, 6.45) is 13.6. The van der Waals surface area contributed by atoms with Gasteiger partial charge in [0.2, 0.25) is 5.69 Å². The van der Waals surface area contributed by atoms with Crippen molar-refractivity contribution in [3.8, 4) is 23.2 Å². The molecule has 0 bridgehead atoms. The highest BCUT2D eigenvalue weighted by molar-refractivity contribution is 7.86. The van der Waals surface area contributed by atoms with Crippen LogP contribution < -0.4 is 19.5 Å². The van der Waals surface area contributed by atoms with Crippen LogP contribution in [0.25, 0.3) is 22.2 Å². The molecule has 2 aliphatic rings. The lowest BCUT2D eigenvalue weighted by molar-refractivity contribution is -0.604. The van der Waals surface area contributed by atoms with Crippen LogP contribution in [0.1, 0.15) is 24.5 Å². The largest absolute Gasteiger partial charge is 0.505 e. The van der Waals surface area contributed by atoms with Crippen molar-refractivity contribution < 1.29 is 52.0 Å². The molecule has 5 aromatic rings. The number of imide groups is 1. The molecule has 4 heterocycles. The van der Waals surface area contributed by atoms with E-state index in [4.69, 9.17) is 0 Å². The van der Waals surface area contributed by atoms with Crippen molar-refractivity contribution in [3.63, 3.8) is 0 Å². The molecule has 0 saturated carbocycles. The minimum Gasteiger partial charge on any atom is -0.505 e. The second-order valence-corrected chi connectivity index (χ2v) is 16.5. The zero-order chi connectivity index (χ0) is 45.9. The third-order valence-electron chi connectivity index (χ3n) is 10.2. The summed E-state index contributed by atoms with van der Waals surface area (Å²) in [7, 11) is -1.08. The van der Waals surface area contributed by atoms with Crippen LogP contribution >= 0.6 is 0 Å². The molecule has 2 aromatic carbocycles. The van der Waals surface area contributed by atoms with E-state index in [0.717, 1.165) is 11.6 Å². The number of carbonyl (C=O) groups is 2. The average molecular weight is 887 g/mol. The predicted octanol–water partition coefficient (Wildman–Crippen LogP) is 4.56. The van der Waals surface area contributed by atoms with E-state index in [1.54, 1.807) is 78.1 Å². The number of azo groups is 1. The first-order valence-corrected chi connectivity index (χ1v) is 21.1. The first-order valence-electron chi connectivity index (χ1n) is 19.7. The Bertz CT molecular complexity index is 3050. The number of anilines is 1. The third-order valence-corrected chi connectivity index (χ3v) is 11.1. The van der Waals surface area contributed by atoms with Gasteiger partial charge in [0.25, 0.3) is 21.7 Å². The van der Waals surface area contributed by atoms with Gasteiger partial charge in [-0.25, -0.2) is 0 Å². The number of pyridine rings is 3. The first kappa shape index (κ1) is 44.3. The van der Waals surface area contributed by atoms with Crippen molar-refractivity contribution in [1.29, 1.82) is 0 Å². The normalized spacial score (nSPS) is 15.1. The van der Waals surface area contributed by atoms with Crippen LogP contribution in [0.4, 0.5) is 17.1 Å². The zero-order valence-electron chi connectivity index (χ0n) is 35.3. The van der Waals surface area contributed by atoms with Crippen molar-refractivity contribution in [3.05, 3.63) is 120 Å². The van der Waals surface area contributed by atoms with Gasteiger partial charge in [-0.1, -0.05) is 12.1 Å². The fourth-order valence-electron chi connectivity index (χ4n) is 7.01. The molecule has 1 aliphatic heterocycles. The number of hydrazone groups is 1. The summed E-state index contributed by atoms with van der Waals surface area (Å²) in [6, 6.07) is 14.6. The van der Waals surface area contributed by atoms with Crippen LogP contribution in [-0.2, 0) is 19.7 Å². The third kappa shape index (κ3) is 9.33. The smallest absolute Gasteiger partial charge is 0.441 e. The van der Waals surface area contributed by atoms with Crippen molar-refractivity contribution in [2.24, 2.45) is 25.5 Å². The van der Waals surface area contributed by atoms with Crippen LogP contribution in [0, 0.1) is 13.8 Å². The summed E-state index contributed by atoms with van der Waals surface area (Å²) in [4.78, 5) is 32.2. The number of nitrogens with one attached hydrogen (secondary N) is 2. The van der Waals surface area contributed by atoms with Gasteiger partial charge >= 0.3 is 23.4 Å². The van der Waals surface area contributed by atoms with E-state index in [0.29, 0.717) is 35.5 Å². The van der Waals surface area contributed by atoms with Gasteiger partial charge in [-0.05, 0) is 102 Å². The summed E-state index contributed by atoms with van der Waals surface area (Å²) >= 11 is 0. The van der Waals surface area contributed by atoms with Gasteiger partial charge < -0.3 is 20.2 Å². The molecular formula is C44H44N11O8S+3. The minimum absolute atomic E-state index is 0.00105. The quantitative estimate of drug-likeness (QED) is 0.0222. The van der Waals surface area contributed by atoms with Crippen LogP contribution in [0.5, 0.6) is 17.5 Å². The van der Waals surface area contributed by atoms with Crippen LogP contribution in [0.3, 0.4) is 0 Å². The SMILES string of the molecule is CC1=C([n+]2ccccc2)C(=O)N(CCCN(C)C)C(=O)C1=NN=C1C=CC(=NNc2c(S(=O)(=O)O)cc3ccc(N=Nc4c(O)[nH+]c(O)c(-[n+]5cccc(C)c5)c4C)cc3c2O)C=C1. The number of fused-ring (bicyclic) bond motifs is 1. The van der Waals surface area contributed by atoms with Gasteiger partial charge in [0, 0.05) is 35.7 Å². The molecule has 0 unspecified atom stereocenters. The number of aromatic hydroxyl groups is 3. The molecule has 0 saturated heterocycles. The van der Waals surface area contributed by atoms with Crippen LogP contribution in [-0.4, -0.2) is 94.2 Å². The number of allylic oxidation sites excluding steroid dienone is 4. The maximum Gasteiger partial charge on any atom is 0.441 e. The molecule has 7 rings (SSSR count). The summed E-state index contributed by atoms with van der Waals surface area (Å²) in [5.41, 5.74) is 5.21. The summed E-state index contributed by atoms with van der Waals surface area (Å²) < 4.78 is 38.5. The molecule has 2 amide bonds. The Labute approximate surface area is 367 Å². The molecule has 0 atom stereocenters. The number of aromatic amines is 1. The lowest BCUT2D eigenvalue weighted by Gasteiger charge is -2.25. The van der Waals surface area contributed by atoms with Crippen molar-refractivity contribution in [2.45, 2.75) is 32.1 Å². The summed E-state index contributed by atoms with van der Waals surface area (Å²) in [6.45, 7) is 6.02. The molecule has 0 fully saturated rings. The number of rotatable bonds is 12. The van der Waals surface area contributed by atoms with Crippen LogP contribution in [0.15, 0.2) is 140 Å². The van der Waals surface area contributed by atoms with E-state index in [2.05, 4.69) is 35.9 Å². The number of aromatic nitrogens is 3. The van der Waals surface area contributed by atoms with E-state index in [-0.39, 0.29) is 51.7 Å². The monoisotopic (exact) mass is 886 g/mol. The van der Waals surface area contributed by atoms with Crippen molar-refractivity contribution in [2.75, 3.05) is 32.6 Å². The number of carbonyl (C=O) groups excluding carboxylic acids is 2. The minimum atomic E-state index is -4.89. The zero-order valence-corrected chi connectivity index (χ0v) is 36.1. The second kappa shape index (κ2) is 18.3. The number of aryl methyl sites for hydroxylation is 1. The van der Waals surface area contributed by atoms with Gasteiger partial charge in [-0.15, -0.1) is 15.2 Å². The molecule has 3 aromatic heterocycles. The maximum atomic E-state index is 13.6. The summed E-state index contributed by atoms with van der Waals surface area (Å²) in [5.74, 6) is -2.33. The number of benzene rings is 2. The first-order chi connectivity index (χ1) is 30.5. The van der Waals surface area contributed by atoms with Gasteiger partial charge in [0.05, 0.1) is 28.2 Å². The number of phenols is 1. The number of nitrogens with zero attached hydrogens (tertiary/aromatic N) is 9.